The molecule has 0 radical (unpaired) electrons. The molecule has 0 aliphatic carbocycles. The van der Waals surface area contributed by atoms with E-state index in [0.717, 1.165) is 0 Å². The first-order chi connectivity index (χ1) is 9.67. The molecule has 3 rings (SSSR count). The Bertz CT molecular complexity index is 621. The van der Waals surface area contributed by atoms with Crippen molar-refractivity contribution in [3.63, 3.8) is 0 Å². The van der Waals surface area contributed by atoms with Gasteiger partial charge in [0.1, 0.15) is 24.1 Å². The second-order valence-corrected chi connectivity index (χ2v) is 4.48. The summed E-state index contributed by atoms with van der Waals surface area (Å²) in [6.45, 7) is -0.334. The van der Waals surface area contributed by atoms with E-state index in [9.17, 15) is 9.50 Å². The Morgan fingerprint density at radius 1 is 1.50 bits per heavy atom. The highest BCUT2D eigenvalue weighted by atomic mass is 19.1. The molecule has 0 aromatic carbocycles. The minimum absolute atomic E-state index is 0.212. The van der Waals surface area contributed by atoms with Crippen LogP contribution in [0.1, 0.15) is 6.23 Å². The van der Waals surface area contributed by atoms with Gasteiger partial charge in [-0.25, -0.2) is 19.3 Å². The molecular weight excluding hydrogens is 269 g/mol. The zero-order valence-corrected chi connectivity index (χ0v) is 10.7. The Morgan fingerprint density at radius 3 is 2.95 bits per heavy atom. The molecule has 1 saturated heterocycles. The molecule has 4 unspecified atom stereocenters. The van der Waals surface area contributed by atoms with Crippen molar-refractivity contribution < 1.29 is 19.0 Å². The highest BCUT2D eigenvalue weighted by Gasteiger charge is 2.46. The number of hydrogen-bond donors (Lipinski definition) is 2. The summed E-state index contributed by atoms with van der Waals surface area (Å²) in [5.41, 5.74) is 6.44. The van der Waals surface area contributed by atoms with E-state index in [2.05, 4.69) is 15.0 Å². The predicted octanol–water partition coefficient (Wildman–Crippen LogP) is -0.349. The number of ether oxygens (including phenoxy) is 2. The van der Waals surface area contributed by atoms with Gasteiger partial charge in [-0.05, 0) is 0 Å². The number of hydrogen-bond acceptors (Lipinski definition) is 7. The van der Waals surface area contributed by atoms with Crippen LogP contribution >= 0.6 is 0 Å². The maximum absolute atomic E-state index is 14.4. The normalized spacial score (nSPS) is 30.1. The maximum atomic E-state index is 14.4. The Balaban J connectivity index is 2.01. The number of nitrogens with zero attached hydrogens (tertiary/aromatic N) is 4. The van der Waals surface area contributed by atoms with Crippen LogP contribution < -0.4 is 5.73 Å². The number of fused-ring (bicyclic) bond motifs is 1. The van der Waals surface area contributed by atoms with Gasteiger partial charge in [-0.1, -0.05) is 0 Å². The average Bonchev–Trinajstić information content (AvgIpc) is 3.00. The molecule has 9 heteroatoms. The standard InChI is InChI=1S/C11H14FN5O3/c1-19-8-5(2-18)20-11(6(8)12)17-4-16-7-9(13)14-3-15-10(7)17/h3-6,8,11,18H,2H2,1H3,(H2,13,14,15). The second kappa shape index (κ2) is 4.93. The molecular formula is C11H14FN5O3. The summed E-state index contributed by atoms with van der Waals surface area (Å²) in [4.78, 5) is 11.9. The van der Waals surface area contributed by atoms with Crippen molar-refractivity contribution in [2.45, 2.75) is 24.6 Å². The van der Waals surface area contributed by atoms with Gasteiger partial charge in [0.2, 0.25) is 0 Å². The van der Waals surface area contributed by atoms with E-state index in [1.54, 1.807) is 0 Å². The molecule has 1 aliphatic heterocycles. The molecule has 0 spiro atoms. The molecule has 2 aromatic rings. The number of aromatic nitrogens is 4. The lowest BCUT2D eigenvalue weighted by Gasteiger charge is -2.15. The lowest BCUT2D eigenvalue weighted by molar-refractivity contribution is -0.0519. The molecule has 20 heavy (non-hydrogen) atoms. The lowest BCUT2D eigenvalue weighted by atomic mass is 10.1. The fourth-order valence-electron chi connectivity index (χ4n) is 2.40. The van der Waals surface area contributed by atoms with Gasteiger partial charge < -0.3 is 20.3 Å². The van der Waals surface area contributed by atoms with Crippen LogP contribution in [-0.4, -0.2) is 56.7 Å². The van der Waals surface area contributed by atoms with Crippen LogP contribution in [0.2, 0.25) is 0 Å². The molecule has 0 amide bonds. The molecule has 3 N–H and O–H groups in total. The minimum atomic E-state index is -1.45. The number of anilines is 1. The van der Waals surface area contributed by atoms with Crippen LogP contribution in [-0.2, 0) is 9.47 Å². The van der Waals surface area contributed by atoms with Crippen molar-refractivity contribution in [1.29, 1.82) is 0 Å². The summed E-state index contributed by atoms with van der Waals surface area (Å²) in [5, 5.41) is 9.22. The van der Waals surface area contributed by atoms with Crippen molar-refractivity contribution >= 4 is 17.0 Å². The molecule has 2 aromatic heterocycles. The first kappa shape index (κ1) is 13.2. The summed E-state index contributed by atoms with van der Waals surface area (Å²) in [5.74, 6) is 0.212. The van der Waals surface area contributed by atoms with Gasteiger partial charge in [0, 0.05) is 7.11 Å². The van der Waals surface area contributed by atoms with E-state index < -0.39 is 24.6 Å². The van der Waals surface area contributed by atoms with Crippen molar-refractivity contribution in [1.82, 2.24) is 19.5 Å². The molecule has 108 valence electrons. The third kappa shape index (κ3) is 1.82. The molecule has 0 saturated carbocycles. The van der Waals surface area contributed by atoms with E-state index in [0.29, 0.717) is 11.2 Å². The van der Waals surface area contributed by atoms with Crippen molar-refractivity contribution in [2.24, 2.45) is 0 Å². The highest BCUT2D eigenvalue weighted by molar-refractivity contribution is 5.81. The number of imidazole rings is 1. The molecule has 3 heterocycles. The quantitative estimate of drug-likeness (QED) is 0.792. The second-order valence-electron chi connectivity index (χ2n) is 4.48. The number of alkyl halides is 1. The van der Waals surface area contributed by atoms with Gasteiger partial charge >= 0.3 is 0 Å². The predicted molar refractivity (Wildman–Crippen MR) is 66.4 cm³/mol. The largest absolute Gasteiger partial charge is 0.394 e. The summed E-state index contributed by atoms with van der Waals surface area (Å²) in [6.07, 6.45) is -1.35. The first-order valence-electron chi connectivity index (χ1n) is 6.03. The van der Waals surface area contributed by atoms with Gasteiger partial charge in [0.25, 0.3) is 0 Å². The molecule has 8 nitrogen and oxygen atoms in total. The van der Waals surface area contributed by atoms with Crippen LogP contribution in [0, 0.1) is 0 Å². The number of rotatable bonds is 3. The third-order valence-corrected chi connectivity index (χ3v) is 3.38. The number of aliphatic hydroxyl groups is 1. The molecule has 0 bridgehead atoms. The summed E-state index contributed by atoms with van der Waals surface area (Å²) in [6, 6.07) is 0. The summed E-state index contributed by atoms with van der Waals surface area (Å²) in [7, 11) is 1.37. The number of methoxy groups -OCH3 is 1. The van der Waals surface area contributed by atoms with Crippen LogP contribution in [0.15, 0.2) is 12.7 Å². The Hall–Kier alpha value is -1.84. The lowest BCUT2D eigenvalue weighted by Crippen LogP contribution is -2.32. The first-order valence-corrected chi connectivity index (χ1v) is 6.03. The van der Waals surface area contributed by atoms with E-state index in [-0.39, 0.29) is 12.4 Å². The highest BCUT2D eigenvalue weighted by Crippen LogP contribution is 2.35. The van der Waals surface area contributed by atoms with Gasteiger partial charge in [-0.3, -0.25) is 4.57 Å². The minimum Gasteiger partial charge on any atom is -0.394 e. The van der Waals surface area contributed by atoms with E-state index in [4.69, 9.17) is 15.2 Å². The Labute approximate surface area is 113 Å². The Kier molecular flexibility index (Phi) is 3.24. The van der Waals surface area contributed by atoms with Crippen molar-refractivity contribution in [3.05, 3.63) is 12.7 Å². The molecule has 1 fully saturated rings. The van der Waals surface area contributed by atoms with Gasteiger partial charge in [0.15, 0.2) is 23.9 Å². The van der Waals surface area contributed by atoms with Gasteiger partial charge in [0.05, 0.1) is 12.9 Å². The average molecular weight is 283 g/mol. The fourth-order valence-corrected chi connectivity index (χ4v) is 2.40. The summed E-state index contributed by atoms with van der Waals surface area (Å²) < 4.78 is 26.4. The van der Waals surface area contributed by atoms with Gasteiger partial charge in [-0.2, -0.15) is 0 Å². The van der Waals surface area contributed by atoms with E-state index in [1.807, 2.05) is 0 Å². The van der Waals surface area contributed by atoms with Crippen molar-refractivity contribution in [3.8, 4) is 0 Å². The molecule has 4 atom stereocenters. The number of nitrogen functional groups attached to an aromatic ring is 1. The van der Waals surface area contributed by atoms with Gasteiger partial charge in [-0.15, -0.1) is 0 Å². The number of aliphatic hydroxyl groups excluding tert-OH is 1. The van der Waals surface area contributed by atoms with Crippen LogP contribution in [0.3, 0.4) is 0 Å². The summed E-state index contributed by atoms with van der Waals surface area (Å²) >= 11 is 0. The zero-order valence-electron chi connectivity index (χ0n) is 10.7. The van der Waals surface area contributed by atoms with E-state index in [1.165, 1.54) is 24.3 Å². The van der Waals surface area contributed by atoms with Crippen LogP contribution in [0.5, 0.6) is 0 Å². The third-order valence-electron chi connectivity index (χ3n) is 3.38. The number of nitrogens with two attached hydrogens (primary N) is 1. The topological polar surface area (TPSA) is 108 Å². The van der Waals surface area contributed by atoms with Crippen LogP contribution in [0.25, 0.3) is 11.2 Å². The maximum Gasteiger partial charge on any atom is 0.174 e. The SMILES string of the molecule is COC1C(CO)OC(n2cnc3c(N)ncnc32)C1F. The monoisotopic (exact) mass is 283 g/mol. The van der Waals surface area contributed by atoms with E-state index >= 15 is 0 Å². The van der Waals surface area contributed by atoms with Crippen molar-refractivity contribution in [2.75, 3.05) is 19.5 Å². The smallest absolute Gasteiger partial charge is 0.174 e. The fraction of sp³-hybridized carbons (Fsp3) is 0.545. The molecule has 1 aliphatic rings. The Morgan fingerprint density at radius 2 is 2.30 bits per heavy atom. The van der Waals surface area contributed by atoms with Crippen LogP contribution in [0.4, 0.5) is 10.2 Å². The number of halogens is 1. The zero-order chi connectivity index (χ0) is 14.3.